The molecule has 3 rings (SSSR count). The third kappa shape index (κ3) is 2.60. The van der Waals surface area contributed by atoms with E-state index >= 15 is 0 Å². The number of aryl methyl sites for hydroxylation is 1. The number of carbonyl (C=O) groups excluding carboxylic acids is 1. The number of imidazole rings is 1. The Labute approximate surface area is 121 Å². The molecule has 0 saturated heterocycles. The molecule has 0 atom stereocenters. The van der Waals surface area contributed by atoms with E-state index in [1.165, 1.54) is 18.2 Å². The van der Waals surface area contributed by atoms with Crippen LogP contribution in [0.4, 0.5) is 4.39 Å². The fourth-order valence-corrected chi connectivity index (χ4v) is 2.24. The van der Waals surface area contributed by atoms with Gasteiger partial charge in [0.15, 0.2) is 0 Å². The van der Waals surface area contributed by atoms with E-state index in [1.807, 2.05) is 31.3 Å². The molecule has 21 heavy (non-hydrogen) atoms. The summed E-state index contributed by atoms with van der Waals surface area (Å²) in [5, 5.41) is 0. The number of carbonyl (C=O) groups is 1. The average molecular weight is 280 g/mol. The van der Waals surface area contributed by atoms with Gasteiger partial charge in [-0.25, -0.2) is 9.37 Å². The van der Waals surface area contributed by atoms with Crippen LogP contribution in [-0.2, 0) is 0 Å². The fraction of sp³-hybridized carbons (Fsp3) is 0.0588. The van der Waals surface area contributed by atoms with Crippen LogP contribution in [0, 0.1) is 12.7 Å². The second-order valence-electron chi connectivity index (χ2n) is 4.72. The summed E-state index contributed by atoms with van der Waals surface area (Å²) in [5.74, 6) is -0.424. The summed E-state index contributed by atoms with van der Waals surface area (Å²) >= 11 is 0. The predicted molar refractivity (Wildman–Crippen MR) is 79.7 cm³/mol. The van der Waals surface area contributed by atoms with Crippen LogP contribution in [-0.4, -0.2) is 15.2 Å². The smallest absolute Gasteiger partial charge is 0.204 e. The van der Waals surface area contributed by atoms with Crippen molar-refractivity contribution in [3.8, 4) is 0 Å². The monoisotopic (exact) mass is 280 g/mol. The molecule has 0 fully saturated rings. The summed E-state index contributed by atoms with van der Waals surface area (Å²) < 4.78 is 14.6. The Hall–Kier alpha value is -2.75. The number of fused-ring (bicyclic) bond motifs is 1. The Morgan fingerprint density at radius 1 is 1.19 bits per heavy atom. The van der Waals surface area contributed by atoms with Crippen molar-refractivity contribution in [2.24, 2.45) is 0 Å². The van der Waals surface area contributed by atoms with Crippen LogP contribution in [0.1, 0.15) is 21.7 Å². The molecule has 1 aromatic carbocycles. The zero-order valence-corrected chi connectivity index (χ0v) is 11.5. The van der Waals surface area contributed by atoms with Gasteiger partial charge < -0.3 is 0 Å². The maximum atomic E-state index is 12.8. The standard InChI is InChI=1S/C17H13FN2O/c1-12-17(20-11-3-2-4-16(20)19-12)15(21)10-7-13-5-8-14(18)9-6-13/h2-11H,1H3/b10-7+. The molecular weight excluding hydrogens is 267 g/mol. The highest BCUT2D eigenvalue weighted by Gasteiger charge is 2.13. The fourth-order valence-electron chi connectivity index (χ4n) is 2.24. The zero-order valence-electron chi connectivity index (χ0n) is 11.5. The number of nitrogens with zero attached hydrogens (tertiary/aromatic N) is 2. The lowest BCUT2D eigenvalue weighted by molar-refractivity contribution is 0.104. The predicted octanol–water partition coefficient (Wildman–Crippen LogP) is 3.68. The van der Waals surface area contributed by atoms with Crippen LogP contribution >= 0.6 is 0 Å². The van der Waals surface area contributed by atoms with Crippen molar-refractivity contribution < 1.29 is 9.18 Å². The Bertz CT molecular complexity index is 832. The van der Waals surface area contributed by atoms with Crippen LogP contribution in [0.3, 0.4) is 0 Å². The number of rotatable bonds is 3. The van der Waals surface area contributed by atoms with Crippen molar-refractivity contribution in [3.05, 3.63) is 77.5 Å². The Kier molecular flexibility index (Phi) is 3.36. The molecule has 0 saturated carbocycles. The summed E-state index contributed by atoms with van der Waals surface area (Å²) in [6.45, 7) is 1.81. The first-order valence-electron chi connectivity index (χ1n) is 6.57. The lowest BCUT2D eigenvalue weighted by Crippen LogP contribution is -2.01. The quantitative estimate of drug-likeness (QED) is 0.542. The van der Waals surface area contributed by atoms with E-state index in [0.717, 1.165) is 11.2 Å². The highest BCUT2D eigenvalue weighted by atomic mass is 19.1. The van der Waals surface area contributed by atoms with Gasteiger partial charge in [-0.2, -0.15) is 0 Å². The van der Waals surface area contributed by atoms with Gasteiger partial charge in [0.2, 0.25) is 5.78 Å². The zero-order chi connectivity index (χ0) is 14.8. The largest absolute Gasteiger partial charge is 0.297 e. The topological polar surface area (TPSA) is 34.4 Å². The van der Waals surface area contributed by atoms with Crippen LogP contribution in [0.5, 0.6) is 0 Å². The van der Waals surface area contributed by atoms with Gasteiger partial charge in [-0.05, 0) is 42.8 Å². The lowest BCUT2D eigenvalue weighted by Gasteiger charge is -1.98. The minimum Gasteiger partial charge on any atom is -0.297 e. The van der Waals surface area contributed by atoms with Crippen molar-refractivity contribution in [2.45, 2.75) is 6.92 Å². The number of hydrogen-bond acceptors (Lipinski definition) is 2. The van der Waals surface area contributed by atoms with E-state index in [-0.39, 0.29) is 11.6 Å². The van der Waals surface area contributed by atoms with Crippen molar-refractivity contribution in [1.82, 2.24) is 9.38 Å². The van der Waals surface area contributed by atoms with Gasteiger partial charge in [-0.15, -0.1) is 0 Å². The van der Waals surface area contributed by atoms with Crippen molar-refractivity contribution in [3.63, 3.8) is 0 Å². The molecule has 0 aliphatic carbocycles. The molecule has 4 heteroatoms. The number of pyridine rings is 1. The SMILES string of the molecule is Cc1nc2ccccn2c1C(=O)/C=C/c1ccc(F)cc1. The van der Waals surface area contributed by atoms with Crippen LogP contribution in [0.25, 0.3) is 11.7 Å². The first-order chi connectivity index (χ1) is 10.1. The Morgan fingerprint density at radius 3 is 2.71 bits per heavy atom. The van der Waals surface area contributed by atoms with Crippen LogP contribution < -0.4 is 0 Å². The van der Waals surface area contributed by atoms with Gasteiger partial charge in [-0.3, -0.25) is 9.20 Å². The summed E-state index contributed by atoms with van der Waals surface area (Å²) in [5.41, 5.74) is 2.75. The van der Waals surface area contributed by atoms with E-state index in [0.29, 0.717) is 11.4 Å². The molecular formula is C17H13FN2O. The van der Waals surface area contributed by atoms with E-state index in [4.69, 9.17) is 0 Å². The number of hydrogen-bond donors (Lipinski definition) is 0. The van der Waals surface area contributed by atoms with E-state index in [1.54, 1.807) is 22.6 Å². The Morgan fingerprint density at radius 2 is 1.95 bits per heavy atom. The molecule has 2 heterocycles. The number of halogens is 1. The molecule has 0 radical (unpaired) electrons. The molecule has 3 aromatic rings. The van der Waals surface area contributed by atoms with Crippen LogP contribution in [0.15, 0.2) is 54.7 Å². The molecule has 2 aromatic heterocycles. The number of aromatic nitrogens is 2. The summed E-state index contributed by atoms with van der Waals surface area (Å²) in [4.78, 5) is 16.7. The van der Waals surface area contributed by atoms with Gasteiger partial charge in [0.25, 0.3) is 0 Å². The highest BCUT2D eigenvalue weighted by molar-refractivity contribution is 6.06. The molecule has 104 valence electrons. The number of allylic oxidation sites excluding steroid dienone is 1. The highest BCUT2D eigenvalue weighted by Crippen LogP contribution is 2.14. The first kappa shape index (κ1) is 13.2. The molecule has 0 bridgehead atoms. The molecule has 0 aliphatic heterocycles. The maximum Gasteiger partial charge on any atom is 0.204 e. The molecule has 0 spiro atoms. The van der Waals surface area contributed by atoms with Crippen molar-refractivity contribution in [2.75, 3.05) is 0 Å². The van der Waals surface area contributed by atoms with Gasteiger partial charge in [0.1, 0.15) is 17.2 Å². The van der Waals surface area contributed by atoms with Crippen molar-refractivity contribution >= 4 is 17.5 Å². The normalized spacial score (nSPS) is 11.3. The minimum atomic E-state index is -0.295. The minimum absolute atomic E-state index is 0.129. The van der Waals surface area contributed by atoms with Crippen LogP contribution in [0.2, 0.25) is 0 Å². The lowest BCUT2D eigenvalue weighted by atomic mass is 10.1. The molecule has 0 N–H and O–H groups in total. The number of benzene rings is 1. The Balaban J connectivity index is 1.94. The van der Waals surface area contributed by atoms with Crippen molar-refractivity contribution in [1.29, 1.82) is 0 Å². The maximum absolute atomic E-state index is 12.8. The second-order valence-corrected chi connectivity index (χ2v) is 4.72. The van der Waals surface area contributed by atoms with Gasteiger partial charge >= 0.3 is 0 Å². The molecule has 3 nitrogen and oxygen atoms in total. The first-order valence-corrected chi connectivity index (χ1v) is 6.57. The van der Waals surface area contributed by atoms with E-state index < -0.39 is 0 Å². The van der Waals surface area contributed by atoms with Gasteiger partial charge in [0, 0.05) is 6.20 Å². The third-order valence-electron chi connectivity index (χ3n) is 3.23. The van der Waals surface area contributed by atoms with E-state index in [2.05, 4.69) is 4.98 Å². The summed E-state index contributed by atoms with van der Waals surface area (Å²) in [6, 6.07) is 11.6. The summed E-state index contributed by atoms with van der Waals surface area (Å²) in [7, 11) is 0. The third-order valence-corrected chi connectivity index (χ3v) is 3.23. The summed E-state index contributed by atoms with van der Waals surface area (Å²) in [6.07, 6.45) is 4.97. The van der Waals surface area contributed by atoms with Gasteiger partial charge in [0.05, 0.1) is 5.69 Å². The van der Waals surface area contributed by atoms with E-state index in [9.17, 15) is 9.18 Å². The number of ketones is 1. The van der Waals surface area contributed by atoms with Gasteiger partial charge in [-0.1, -0.05) is 24.3 Å². The molecule has 0 aliphatic rings. The average Bonchev–Trinajstić information content (AvgIpc) is 2.82. The second kappa shape index (κ2) is 5.32. The molecule has 0 unspecified atom stereocenters. The molecule has 0 amide bonds.